The van der Waals surface area contributed by atoms with E-state index < -0.39 is 10.0 Å². The maximum atomic E-state index is 12.2. The van der Waals surface area contributed by atoms with Crippen molar-refractivity contribution in [2.75, 3.05) is 12.3 Å². The highest BCUT2D eigenvalue weighted by molar-refractivity contribution is 7.89. The summed E-state index contributed by atoms with van der Waals surface area (Å²) < 4.78 is 27.1. The Morgan fingerprint density at radius 1 is 1.37 bits per heavy atom. The first-order valence-corrected chi connectivity index (χ1v) is 8.23. The van der Waals surface area contributed by atoms with Gasteiger partial charge < -0.3 is 5.73 Å². The van der Waals surface area contributed by atoms with Gasteiger partial charge in [0, 0.05) is 11.6 Å². The fraction of sp³-hybridized carbons (Fsp3) is 0.538. The van der Waals surface area contributed by atoms with Crippen LogP contribution in [0.2, 0.25) is 5.02 Å². The normalized spacial score (nSPS) is 18.6. The lowest BCUT2D eigenvalue weighted by atomic mass is 9.89. The van der Waals surface area contributed by atoms with E-state index in [1.807, 2.05) is 0 Å². The monoisotopic (exact) mass is 302 g/mol. The first-order chi connectivity index (χ1) is 8.82. The zero-order valence-electron chi connectivity index (χ0n) is 10.9. The van der Waals surface area contributed by atoms with Crippen molar-refractivity contribution in [2.45, 2.75) is 37.5 Å². The van der Waals surface area contributed by atoms with E-state index in [-0.39, 0.29) is 16.0 Å². The number of nitrogens with two attached hydrogens (primary N) is 1. The van der Waals surface area contributed by atoms with Crippen LogP contribution < -0.4 is 10.5 Å². The lowest BCUT2D eigenvalue weighted by Gasteiger charge is -2.23. The van der Waals surface area contributed by atoms with E-state index in [1.54, 1.807) is 0 Å². The van der Waals surface area contributed by atoms with Gasteiger partial charge in [0.05, 0.1) is 5.69 Å². The van der Waals surface area contributed by atoms with E-state index in [2.05, 4.69) is 11.6 Å². The van der Waals surface area contributed by atoms with Gasteiger partial charge in [0.15, 0.2) is 0 Å². The molecule has 106 valence electrons. The summed E-state index contributed by atoms with van der Waals surface area (Å²) >= 11 is 5.77. The molecule has 0 aromatic heterocycles. The zero-order chi connectivity index (χ0) is 14.1. The molecule has 19 heavy (non-hydrogen) atoms. The van der Waals surface area contributed by atoms with Crippen molar-refractivity contribution in [3.05, 3.63) is 23.2 Å². The topological polar surface area (TPSA) is 72.2 Å². The second kappa shape index (κ2) is 5.31. The van der Waals surface area contributed by atoms with Gasteiger partial charge in [-0.25, -0.2) is 13.1 Å². The van der Waals surface area contributed by atoms with Gasteiger partial charge in [-0.3, -0.25) is 0 Å². The molecule has 0 heterocycles. The molecule has 0 atom stereocenters. The van der Waals surface area contributed by atoms with Crippen LogP contribution in [-0.4, -0.2) is 15.0 Å². The van der Waals surface area contributed by atoms with E-state index in [9.17, 15) is 8.42 Å². The van der Waals surface area contributed by atoms with Gasteiger partial charge in [0.1, 0.15) is 4.90 Å². The highest BCUT2D eigenvalue weighted by Crippen LogP contribution is 2.37. The van der Waals surface area contributed by atoms with Crippen molar-refractivity contribution < 1.29 is 8.42 Å². The predicted molar refractivity (Wildman–Crippen MR) is 77.6 cm³/mol. The minimum absolute atomic E-state index is 0.0637. The molecule has 0 bridgehead atoms. The molecule has 1 fully saturated rings. The zero-order valence-corrected chi connectivity index (χ0v) is 12.5. The first kappa shape index (κ1) is 14.6. The summed E-state index contributed by atoms with van der Waals surface area (Å²) in [6, 6.07) is 4.42. The Labute approximate surface area is 119 Å². The minimum Gasteiger partial charge on any atom is -0.398 e. The van der Waals surface area contributed by atoms with Crippen LogP contribution in [-0.2, 0) is 10.0 Å². The van der Waals surface area contributed by atoms with Crippen molar-refractivity contribution in [2.24, 2.45) is 5.41 Å². The van der Waals surface area contributed by atoms with Crippen molar-refractivity contribution >= 4 is 27.3 Å². The van der Waals surface area contributed by atoms with Crippen LogP contribution >= 0.6 is 11.6 Å². The van der Waals surface area contributed by atoms with Gasteiger partial charge in [-0.15, -0.1) is 0 Å². The lowest BCUT2D eigenvalue weighted by Crippen LogP contribution is -2.34. The number of nitrogens with one attached hydrogen (secondary N) is 1. The van der Waals surface area contributed by atoms with E-state index in [1.165, 1.54) is 31.0 Å². The molecule has 1 aliphatic rings. The van der Waals surface area contributed by atoms with Gasteiger partial charge in [-0.1, -0.05) is 31.4 Å². The van der Waals surface area contributed by atoms with E-state index in [0.717, 1.165) is 12.8 Å². The molecular formula is C13H19ClN2O2S. The van der Waals surface area contributed by atoms with Crippen LogP contribution in [0.3, 0.4) is 0 Å². The molecular weight excluding hydrogens is 284 g/mol. The third-order valence-corrected chi connectivity index (χ3v) is 5.47. The molecule has 2 rings (SSSR count). The lowest BCUT2D eigenvalue weighted by molar-refractivity contribution is 0.336. The van der Waals surface area contributed by atoms with Crippen molar-refractivity contribution in [1.82, 2.24) is 4.72 Å². The summed E-state index contributed by atoms with van der Waals surface area (Å²) in [7, 11) is -3.57. The van der Waals surface area contributed by atoms with Crippen LogP contribution in [0.4, 0.5) is 5.69 Å². The highest BCUT2D eigenvalue weighted by atomic mass is 35.5. The number of anilines is 1. The van der Waals surface area contributed by atoms with E-state index in [0.29, 0.717) is 11.6 Å². The van der Waals surface area contributed by atoms with Crippen LogP contribution in [0.25, 0.3) is 0 Å². The van der Waals surface area contributed by atoms with E-state index >= 15 is 0 Å². The highest BCUT2D eigenvalue weighted by Gasteiger charge is 2.30. The number of sulfonamides is 1. The summed E-state index contributed by atoms with van der Waals surface area (Å²) in [5.74, 6) is 0. The molecule has 1 aromatic carbocycles. The number of hydrogen-bond acceptors (Lipinski definition) is 3. The molecule has 0 unspecified atom stereocenters. The van der Waals surface area contributed by atoms with Crippen molar-refractivity contribution in [3.63, 3.8) is 0 Å². The summed E-state index contributed by atoms with van der Waals surface area (Å²) in [4.78, 5) is 0.0958. The van der Waals surface area contributed by atoms with Gasteiger partial charge in [0.25, 0.3) is 0 Å². The Morgan fingerprint density at radius 2 is 2.00 bits per heavy atom. The molecule has 6 heteroatoms. The Balaban J connectivity index is 2.14. The number of halogens is 1. The molecule has 1 saturated carbocycles. The molecule has 3 N–H and O–H groups in total. The third kappa shape index (κ3) is 3.41. The van der Waals surface area contributed by atoms with Gasteiger partial charge >= 0.3 is 0 Å². The second-order valence-corrected chi connectivity index (χ2v) is 7.70. The number of nitrogen functional groups attached to an aromatic ring is 1. The molecule has 4 nitrogen and oxygen atoms in total. The fourth-order valence-corrected chi connectivity index (χ4v) is 4.01. The Bertz CT molecular complexity index is 566. The summed E-state index contributed by atoms with van der Waals surface area (Å²) in [5, 5.41) is 0.430. The Kier molecular flexibility index (Phi) is 4.08. The summed E-state index contributed by atoms with van der Waals surface area (Å²) in [5.41, 5.74) is 5.96. The smallest absolute Gasteiger partial charge is 0.242 e. The van der Waals surface area contributed by atoms with Gasteiger partial charge in [0.2, 0.25) is 10.0 Å². The SMILES string of the molecule is CC1(CNS(=O)(=O)c2ccc(Cl)cc2N)CCCC1. The molecule has 0 aliphatic heterocycles. The minimum atomic E-state index is -3.57. The largest absolute Gasteiger partial charge is 0.398 e. The molecule has 1 aromatic rings. The average molecular weight is 303 g/mol. The second-order valence-electron chi connectivity index (χ2n) is 5.52. The van der Waals surface area contributed by atoms with Crippen LogP contribution in [0.1, 0.15) is 32.6 Å². The van der Waals surface area contributed by atoms with Gasteiger partial charge in [-0.2, -0.15) is 0 Å². The third-order valence-electron chi connectivity index (χ3n) is 3.76. The van der Waals surface area contributed by atoms with Crippen LogP contribution in [0, 0.1) is 5.41 Å². The first-order valence-electron chi connectivity index (χ1n) is 6.37. The van der Waals surface area contributed by atoms with Crippen molar-refractivity contribution in [3.8, 4) is 0 Å². The van der Waals surface area contributed by atoms with Crippen LogP contribution in [0.15, 0.2) is 23.1 Å². The Hall–Kier alpha value is -0.780. The standard InChI is InChI=1S/C13H19ClN2O2S/c1-13(6-2-3-7-13)9-16-19(17,18)12-5-4-10(14)8-11(12)15/h4-5,8,16H,2-3,6-7,9,15H2,1H3. The summed E-state index contributed by atoms with van der Waals surface area (Å²) in [6.45, 7) is 2.57. The van der Waals surface area contributed by atoms with Gasteiger partial charge in [-0.05, 0) is 36.5 Å². The quantitative estimate of drug-likeness (QED) is 0.840. The number of rotatable bonds is 4. The maximum absolute atomic E-state index is 12.2. The van der Waals surface area contributed by atoms with Crippen molar-refractivity contribution in [1.29, 1.82) is 0 Å². The fourth-order valence-electron chi connectivity index (χ4n) is 2.52. The summed E-state index contributed by atoms with van der Waals surface area (Å²) in [6.07, 6.45) is 4.46. The maximum Gasteiger partial charge on any atom is 0.242 e. The molecule has 1 aliphatic carbocycles. The average Bonchev–Trinajstić information content (AvgIpc) is 2.74. The molecule has 0 spiro atoms. The predicted octanol–water partition coefficient (Wildman–Crippen LogP) is 2.78. The molecule has 0 amide bonds. The molecule has 0 saturated heterocycles. The van der Waals surface area contributed by atoms with E-state index in [4.69, 9.17) is 17.3 Å². The van der Waals surface area contributed by atoms with Crippen LogP contribution in [0.5, 0.6) is 0 Å². The molecule has 0 radical (unpaired) electrons. The number of benzene rings is 1. The number of hydrogen-bond donors (Lipinski definition) is 2. The Morgan fingerprint density at radius 3 is 2.58 bits per heavy atom.